The van der Waals surface area contributed by atoms with Gasteiger partial charge in [0.05, 0.1) is 5.56 Å². The minimum Gasteiger partial charge on any atom is -0.508 e. The highest BCUT2D eigenvalue weighted by molar-refractivity contribution is 5.37. The maximum Gasteiger partial charge on any atom is 0.416 e. The Bertz CT molecular complexity index is 550. The van der Waals surface area contributed by atoms with Crippen LogP contribution < -0.4 is 4.74 Å². The molecule has 0 amide bonds. The molecule has 1 radical (unpaired) electrons. The van der Waals surface area contributed by atoms with Gasteiger partial charge in [0.2, 0.25) is 0 Å². The van der Waals surface area contributed by atoms with Crippen LogP contribution in [0.15, 0.2) is 42.5 Å². The molecule has 0 aliphatic rings. The lowest BCUT2D eigenvalue weighted by molar-refractivity contribution is -0.137. The SMILES string of the molecule is Oc1c[c]cc(Oc2cccc(C(F)(F)F)c2)c1. The van der Waals surface area contributed by atoms with Crippen LogP contribution in [-0.4, -0.2) is 5.11 Å². The number of halogens is 3. The number of hydrogen-bond donors (Lipinski definition) is 1. The van der Waals surface area contributed by atoms with Crippen LogP contribution in [0, 0.1) is 6.07 Å². The summed E-state index contributed by atoms with van der Waals surface area (Å²) in [6.07, 6.45) is -4.41. The van der Waals surface area contributed by atoms with E-state index < -0.39 is 11.7 Å². The first kappa shape index (κ1) is 12.3. The van der Waals surface area contributed by atoms with E-state index in [4.69, 9.17) is 4.74 Å². The predicted molar refractivity (Wildman–Crippen MR) is 58.5 cm³/mol. The molecule has 93 valence electrons. The number of rotatable bonds is 2. The van der Waals surface area contributed by atoms with Gasteiger partial charge in [0.25, 0.3) is 0 Å². The Morgan fingerprint density at radius 1 is 1.06 bits per heavy atom. The van der Waals surface area contributed by atoms with Crippen molar-refractivity contribution in [1.29, 1.82) is 0 Å². The van der Waals surface area contributed by atoms with Crippen molar-refractivity contribution in [3.63, 3.8) is 0 Å². The van der Waals surface area contributed by atoms with E-state index >= 15 is 0 Å². The van der Waals surface area contributed by atoms with Gasteiger partial charge in [0, 0.05) is 6.07 Å². The van der Waals surface area contributed by atoms with Crippen LogP contribution in [0.25, 0.3) is 0 Å². The molecule has 2 aromatic carbocycles. The largest absolute Gasteiger partial charge is 0.508 e. The van der Waals surface area contributed by atoms with Crippen molar-refractivity contribution in [3.05, 3.63) is 54.1 Å². The highest BCUT2D eigenvalue weighted by Gasteiger charge is 2.30. The summed E-state index contributed by atoms with van der Waals surface area (Å²) in [7, 11) is 0. The van der Waals surface area contributed by atoms with E-state index in [9.17, 15) is 18.3 Å². The molecule has 0 aliphatic heterocycles. The molecule has 5 heteroatoms. The third-order valence-electron chi connectivity index (χ3n) is 2.14. The summed E-state index contributed by atoms with van der Waals surface area (Å²) in [4.78, 5) is 0. The Morgan fingerprint density at radius 3 is 2.50 bits per heavy atom. The molecule has 2 nitrogen and oxygen atoms in total. The van der Waals surface area contributed by atoms with Gasteiger partial charge in [-0.05, 0) is 36.4 Å². The van der Waals surface area contributed by atoms with Crippen LogP contribution in [0.2, 0.25) is 0 Å². The quantitative estimate of drug-likeness (QED) is 0.876. The van der Waals surface area contributed by atoms with E-state index in [2.05, 4.69) is 6.07 Å². The molecule has 0 unspecified atom stereocenters. The highest BCUT2D eigenvalue weighted by Crippen LogP contribution is 2.33. The van der Waals surface area contributed by atoms with Gasteiger partial charge in [-0.15, -0.1) is 0 Å². The maximum absolute atomic E-state index is 12.5. The summed E-state index contributed by atoms with van der Waals surface area (Å²) in [6, 6.07) is 11.1. The molecule has 1 N–H and O–H groups in total. The lowest BCUT2D eigenvalue weighted by Gasteiger charge is -2.09. The summed E-state index contributed by atoms with van der Waals surface area (Å²) in [5.41, 5.74) is -0.788. The lowest BCUT2D eigenvalue weighted by Crippen LogP contribution is -2.04. The van der Waals surface area contributed by atoms with E-state index in [0.717, 1.165) is 12.1 Å². The van der Waals surface area contributed by atoms with E-state index in [1.807, 2.05) is 0 Å². The Balaban J connectivity index is 2.25. The van der Waals surface area contributed by atoms with E-state index in [1.165, 1.54) is 30.3 Å². The van der Waals surface area contributed by atoms with Gasteiger partial charge < -0.3 is 9.84 Å². The molecule has 18 heavy (non-hydrogen) atoms. The van der Waals surface area contributed by atoms with Gasteiger partial charge in [-0.1, -0.05) is 6.07 Å². The molecule has 0 fully saturated rings. The Labute approximate surface area is 101 Å². The molecule has 0 aromatic heterocycles. The van der Waals surface area contributed by atoms with Gasteiger partial charge in [0.15, 0.2) is 0 Å². The average Bonchev–Trinajstić information content (AvgIpc) is 2.28. The smallest absolute Gasteiger partial charge is 0.416 e. The summed E-state index contributed by atoms with van der Waals surface area (Å²) < 4.78 is 42.6. The minimum absolute atomic E-state index is 0.0452. The predicted octanol–water partition coefficient (Wildman–Crippen LogP) is 4.00. The molecule has 0 bridgehead atoms. The minimum atomic E-state index is -4.41. The van der Waals surface area contributed by atoms with Crippen molar-refractivity contribution < 1.29 is 23.0 Å². The number of alkyl halides is 3. The molecule has 0 saturated carbocycles. The summed E-state index contributed by atoms with van der Waals surface area (Å²) in [5, 5.41) is 9.18. The normalized spacial score (nSPS) is 11.3. The highest BCUT2D eigenvalue weighted by atomic mass is 19.4. The van der Waals surface area contributed by atoms with Crippen molar-refractivity contribution >= 4 is 0 Å². The summed E-state index contributed by atoms with van der Waals surface area (Å²) in [6.45, 7) is 0. The zero-order chi connectivity index (χ0) is 13.2. The fraction of sp³-hybridized carbons (Fsp3) is 0.0769. The monoisotopic (exact) mass is 253 g/mol. The fourth-order valence-corrected chi connectivity index (χ4v) is 1.37. The van der Waals surface area contributed by atoms with Crippen LogP contribution >= 0.6 is 0 Å². The second-order valence-electron chi connectivity index (χ2n) is 3.55. The van der Waals surface area contributed by atoms with Crippen LogP contribution in [0.5, 0.6) is 17.2 Å². The molecule has 0 heterocycles. The van der Waals surface area contributed by atoms with Crippen molar-refractivity contribution in [3.8, 4) is 17.2 Å². The summed E-state index contributed by atoms with van der Waals surface area (Å²) >= 11 is 0. The van der Waals surface area contributed by atoms with Crippen molar-refractivity contribution in [2.45, 2.75) is 6.18 Å². The maximum atomic E-state index is 12.5. The molecule has 2 rings (SSSR count). The Hall–Kier alpha value is -2.17. The number of phenolic OH excluding ortho intramolecular Hbond substituents is 1. The number of benzene rings is 2. The second-order valence-corrected chi connectivity index (χ2v) is 3.55. The van der Waals surface area contributed by atoms with Crippen LogP contribution in [-0.2, 0) is 6.18 Å². The first-order valence-corrected chi connectivity index (χ1v) is 5.00. The van der Waals surface area contributed by atoms with Crippen molar-refractivity contribution in [2.75, 3.05) is 0 Å². The number of phenols is 1. The van der Waals surface area contributed by atoms with Gasteiger partial charge in [-0.2, -0.15) is 13.2 Å². The topological polar surface area (TPSA) is 29.5 Å². The Kier molecular flexibility index (Phi) is 3.14. The molecule has 0 spiro atoms. The number of hydrogen-bond acceptors (Lipinski definition) is 2. The van der Waals surface area contributed by atoms with Crippen LogP contribution in [0.4, 0.5) is 13.2 Å². The van der Waals surface area contributed by atoms with Gasteiger partial charge in [-0.3, -0.25) is 0 Å². The van der Waals surface area contributed by atoms with Crippen LogP contribution in [0.3, 0.4) is 0 Å². The first-order valence-electron chi connectivity index (χ1n) is 5.00. The molecule has 0 saturated heterocycles. The molecular formula is C13H8F3O2. The van der Waals surface area contributed by atoms with Crippen LogP contribution in [0.1, 0.15) is 5.56 Å². The molecule has 0 aliphatic carbocycles. The third-order valence-corrected chi connectivity index (χ3v) is 2.14. The average molecular weight is 253 g/mol. The zero-order valence-corrected chi connectivity index (χ0v) is 9.03. The first-order chi connectivity index (χ1) is 8.45. The number of ether oxygens (including phenoxy) is 1. The van der Waals surface area contributed by atoms with Gasteiger partial charge in [-0.25, -0.2) is 0 Å². The van der Waals surface area contributed by atoms with E-state index in [-0.39, 0.29) is 17.2 Å². The standard InChI is InChI=1S/C13H8F3O2/c14-13(15,16)9-3-1-5-11(7-9)18-12-6-2-4-10(17)8-12/h1,3-8,17H. The fourth-order valence-electron chi connectivity index (χ4n) is 1.37. The van der Waals surface area contributed by atoms with Crippen molar-refractivity contribution in [1.82, 2.24) is 0 Å². The van der Waals surface area contributed by atoms with E-state index in [1.54, 1.807) is 0 Å². The third kappa shape index (κ3) is 2.94. The second kappa shape index (κ2) is 4.60. The van der Waals surface area contributed by atoms with Gasteiger partial charge >= 0.3 is 6.18 Å². The molecular weight excluding hydrogens is 245 g/mol. The molecule has 0 atom stereocenters. The van der Waals surface area contributed by atoms with E-state index in [0.29, 0.717) is 0 Å². The molecule has 2 aromatic rings. The Morgan fingerprint density at radius 2 is 1.83 bits per heavy atom. The zero-order valence-electron chi connectivity index (χ0n) is 9.03. The number of aromatic hydroxyl groups is 1. The lowest BCUT2D eigenvalue weighted by atomic mass is 10.2. The summed E-state index contributed by atoms with van der Waals surface area (Å²) in [5.74, 6) is 0.192. The van der Waals surface area contributed by atoms with Crippen molar-refractivity contribution in [2.24, 2.45) is 0 Å². The van der Waals surface area contributed by atoms with Gasteiger partial charge in [0.1, 0.15) is 17.2 Å².